The van der Waals surface area contributed by atoms with Crippen LogP contribution in [0.3, 0.4) is 0 Å². The fourth-order valence-corrected chi connectivity index (χ4v) is 2.98. The molecule has 8 nitrogen and oxygen atoms in total. The zero-order valence-corrected chi connectivity index (χ0v) is 14.5. The summed E-state index contributed by atoms with van der Waals surface area (Å²) in [6.07, 6.45) is 1.56. The SMILES string of the molecule is COc1ccc(NS(=O)(=O)c2ccc(NC(=O)/C=C/C(=O)O)cc2)cc1. The minimum Gasteiger partial charge on any atom is -0.497 e. The van der Waals surface area contributed by atoms with E-state index < -0.39 is 21.9 Å². The molecule has 2 aromatic carbocycles. The Morgan fingerprint density at radius 3 is 2.08 bits per heavy atom. The lowest BCUT2D eigenvalue weighted by molar-refractivity contribution is -0.131. The smallest absolute Gasteiger partial charge is 0.328 e. The predicted molar refractivity (Wildman–Crippen MR) is 95.7 cm³/mol. The summed E-state index contributed by atoms with van der Waals surface area (Å²) in [5.74, 6) is -1.28. The number of benzene rings is 2. The molecule has 0 saturated carbocycles. The number of carboxylic acid groups (broad SMARTS) is 1. The van der Waals surface area contributed by atoms with Gasteiger partial charge in [-0.2, -0.15) is 0 Å². The number of hydrogen-bond acceptors (Lipinski definition) is 5. The second-order valence-electron chi connectivity index (χ2n) is 5.02. The van der Waals surface area contributed by atoms with Gasteiger partial charge in [-0.25, -0.2) is 13.2 Å². The first-order valence-corrected chi connectivity index (χ1v) is 8.77. The number of carboxylic acids is 1. The molecule has 136 valence electrons. The van der Waals surface area contributed by atoms with Crippen molar-refractivity contribution in [2.24, 2.45) is 0 Å². The Morgan fingerprint density at radius 2 is 1.54 bits per heavy atom. The van der Waals surface area contributed by atoms with Crippen LogP contribution in [0.1, 0.15) is 0 Å². The average molecular weight is 376 g/mol. The summed E-state index contributed by atoms with van der Waals surface area (Å²) in [7, 11) is -2.28. The lowest BCUT2D eigenvalue weighted by atomic mass is 10.3. The highest BCUT2D eigenvalue weighted by molar-refractivity contribution is 7.92. The van der Waals surface area contributed by atoms with Crippen molar-refractivity contribution in [3.8, 4) is 5.75 Å². The van der Waals surface area contributed by atoms with E-state index in [0.29, 0.717) is 23.2 Å². The first-order chi connectivity index (χ1) is 12.3. The maximum Gasteiger partial charge on any atom is 0.328 e. The molecule has 0 atom stereocenters. The summed E-state index contributed by atoms with van der Waals surface area (Å²) in [4.78, 5) is 21.8. The van der Waals surface area contributed by atoms with Gasteiger partial charge in [0.05, 0.1) is 12.0 Å². The highest BCUT2D eigenvalue weighted by atomic mass is 32.2. The van der Waals surface area contributed by atoms with Crippen molar-refractivity contribution in [3.05, 3.63) is 60.7 Å². The minimum atomic E-state index is -3.79. The Balaban J connectivity index is 2.08. The molecule has 0 aromatic heterocycles. The molecule has 0 aliphatic heterocycles. The van der Waals surface area contributed by atoms with Crippen LogP contribution in [0.25, 0.3) is 0 Å². The van der Waals surface area contributed by atoms with Gasteiger partial charge in [-0.15, -0.1) is 0 Å². The molecule has 0 saturated heterocycles. The highest BCUT2D eigenvalue weighted by Gasteiger charge is 2.14. The van der Waals surface area contributed by atoms with Crippen LogP contribution in [0.4, 0.5) is 11.4 Å². The number of nitrogens with one attached hydrogen (secondary N) is 2. The van der Waals surface area contributed by atoms with Gasteiger partial charge in [0.2, 0.25) is 5.91 Å². The summed E-state index contributed by atoms with van der Waals surface area (Å²) in [5, 5.41) is 10.9. The van der Waals surface area contributed by atoms with Crippen LogP contribution in [0.15, 0.2) is 65.6 Å². The summed E-state index contributed by atoms with van der Waals surface area (Å²) >= 11 is 0. The van der Waals surface area contributed by atoms with Crippen LogP contribution in [0.2, 0.25) is 0 Å². The van der Waals surface area contributed by atoms with E-state index in [0.717, 1.165) is 6.08 Å². The average Bonchev–Trinajstić information content (AvgIpc) is 2.61. The van der Waals surface area contributed by atoms with Gasteiger partial charge in [-0.3, -0.25) is 9.52 Å². The molecule has 0 spiro atoms. The number of methoxy groups -OCH3 is 1. The van der Waals surface area contributed by atoms with Gasteiger partial charge in [0.25, 0.3) is 10.0 Å². The molecular weight excluding hydrogens is 360 g/mol. The first kappa shape index (κ1) is 19.0. The Hall–Kier alpha value is -3.33. The topological polar surface area (TPSA) is 122 Å². The standard InChI is InChI=1S/C17H16N2O6S/c1-25-14-6-2-13(3-7-14)19-26(23,24)15-8-4-12(5-9-15)18-16(20)10-11-17(21)22/h2-11,19H,1H3,(H,18,20)(H,21,22)/b11-10+. The second-order valence-corrected chi connectivity index (χ2v) is 6.70. The van der Waals surface area contributed by atoms with E-state index in [1.165, 1.54) is 31.4 Å². The Labute approximate surface area is 150 Å². The molecule has 3 N–H and O–H groups in total. The van der Waals surface area contributed by atoms with E-state index in [9.17, 15) is 18.0 Å². The number of anilines is 2. The number of hydrogen-bond donors (Lipinski definition) is 3. The first-order valence-electron chi connectivity index (χ1n) is 7.29. The van der Waals surface area contributed by atoms with Crippen LogP contribution in [0, 0.1) is 0 Å². The molecule has 0 aliphatic rings. The second kappa shape index (κ2) is 8.17. The van der Waals surface area contributed by atoms with Gasteiger partial charge in [0.1, 0.15) is 5.75 Å². The van der Waals surface area contributed by atoms with Crippen molar-refractivity contribution < 1.29 is 27.9 Å². The number of carbonyl (C=O) groups excluding carboxylic acids is 1. The summed E-state index contributed by atoms with van der Waals surface area (Å²) in [6, 6.07) is 11.8. The zero-order valence-electron chi connectivity index (χ0n) is 13.7. The molecule has 1 amide bonds. The number of aliphatic carboxylic acids is 1. The van der Waals surface area contributed by atoms with E-state index in [2.05, 4.69) is 10.0 Å². The largest absolute Gasteiger partial charge is 0.497 e. The molecule has 0 radical (unpaired) electrons. The number of amides is 1. The number of rotatable bonds is 7. The molecule has 26 heavy (non-hydrogen) atoms. The van der Waals surface area contributed by atoms with E-state index >= 15 is 0 Å². The van der Waals surface area contributed by atoms with Crippen LogP contribution in [-0.2, 0) is 19.6 Å². The quantitative estimate of drug-likeness (QED) is 0.636. The molecule has 9 heteroatoms. The third-order valence-electron chi connectivity index (χ3n) is 3.15. The fourth-order valence-electron chi connectivity index (χ4n) is 1.92. The van der Waals surface area contributed by atoms with Gasteiger partial charge >= 0.3 is 5.97 Å². The summed E-state index contributed by atoms with van der Waals surface area (Å²) < 4.78 is 32.2. The lowest BCUT2D eigenvalue weighted by Crippen LogP contribution is -2.13. The molecule has 0 aliphatic carbocycles. The Morgan fingerprint density at radius 1 is 0.962 bits per heavy atom. The molecule has 0 unspecified atom stereocenters. The third-order valence-corrected chi connectivity index (χ3v) is 4.55. The van der Waals surface area contributed by atoms with Crippen LogP contribution in [0.5, 0.6) is 5.75 Å². The van der Waals surface area contributed by atoms with Crippen molar-refractivity contribution in [2.45, 2.75) is 4.90 Å². The van der Waals surface area contributed by atoms with Crippen molar-refractivity contribution in [1.82, 2.24) is 0 Å². The minimum absolute atomic E-state index is 0.00685. The molecule has 0 bridgehead atoms. The van der Waals surface area contributed by atoms with E-state index in [1.807, 2.05) is 0 Å². The van der Waals surface area contributed by atoms with Crippen molar-refractivity contribution >= 4 is 33.3 Å². The van der Waals surface area contributed by atoms with Gasteiger partial charge < -0.3 is 15.2 Å². The fraction of sp³-hybridized carbons (Fsp3) is 0.0588. The maximum atomic E-state index is 12.4. The molecular formula is C17H16N2O6S. The van der Waals surface area contributed by atoms with Crippen LogP contribution in [-0.4, -0.2) is 32.5 Å². The van der Waals surface area contributed by atoms with Crippen molar-refractivity contribution in [1.29, 1.82) is 0 Å². The Bertz CT molecular complexity index is 919. The van der Waals surface area contributed by atoms with Crippen molar-refractivity contribution in [2.75, 3.05) is 17.1 Å². The van der Waals surface area contributed by atoms with E-state index in [-0.39, 0.29) is 4.90 Å². The van der Waals surface area contributed by atoms with E-state index in [4.69, 9.17) is 9.84 Å². The normalized spacial score (nSPS) is 11.1. The number of carbonyl (C=O) groups is 2. The summed E-state index contributed by atoms with van der Waals surface area (Å²) in [6.45, 7) is 0. The number of ether oxygens (including phenoxy) is 1. The molecule has 2 aromatic rings. The molecule has 0 fully saturated rings. The van der Waals surface area contributed by atoms with Gasteiger partial charge in [-0.1, -0.05) is 0 Å². The molecule has 0 heterocycles. The van der Waals surface area contributed by atoms with Gasteiger partial charge in [0, 0.05) is 23.5 Å². The van der Waals surface area contributed by atoms with Crippen LogP contribution < -0.4 is 14.8 Å². The lowest BCUT2D eigenvalue weighted by Gasteiger charge is -2.09. The predicted octanol–water partition coefficient (Wildman–Crippen LogP) is 2.08. The highest BCUT2D eigenvalue weighted by Crippen LogP contribution is 2.20. The third kappa shape index (κ3) is 5.35. The van der Waals surface area contributed by atoms with Gasteiger partial charge in [0.15, 0.2) is 0 Å². The molecule has 2 rings (SSSR count). The monoisotopic (exact) mass is 376 g/mol. The van der Waals surface area contributed by atoms with Crippen LogP contribution >= 0.6 is 0 Å². The summed E-state index contributed by atoms with van der Waals surface area (Å²) in [5.41, 5.74) is 0.704. The van der Waals surface area contributed by atoms with Gasteiger partial charge in [-0.05, 0) is 48.5 Å². The van der Waals surface area contributed by atoms with E-state index in [1.54, 1.807) is 24.3 Å². The zero-order chi connectivity index (χ0) is 19.2. The maximum absolute atomic E-state index is 12.4. The Kier molecular flexibility index (Phi) is 5.97. The number of sulfonamides is 1. The van der Waals surface area contributed by atoms with Crippen molar-refractivity contribution in [3.63, 3.8) is 0 Å².